The average Bonchev–Trinajstić information content (AvgIpc) is 3.29. The molecule has 0 unspecified atom stereocenters. The first-order valence-electron chi connectivity index (χ1n) is 11.2. The lowest BCUT2D eigenvalue weighted by Crippen LogP contribution is -2.42. The van der Waals surface area contributed by atoms with Crippen LogP contribution in [0.2, 0.25) is 0 Å². The van der Waals surface area contributed by atoms with Gasteiger partial charge in [0.15, 0.2) is 21.3 Å². The van der Waals surface area contributed by atoms with Crippen molar-refractivity contribution in [2.75, 3.05) is 41.4 Å². The second-order valence-electron chi connectivity index (χ2n) is 8.49. The van der Waals surface area contributed by atoms with Crippen LogP contribution in [0.4, 0.5) is 11.6 Å². The van der Waals surface area contributed by atoms with E-state index in [4.69, 9.17) is 4.98 Å². The summed E-state index contributed by atoms with van der Waals surface area (Å²) in [4.78, 5) is 24.3. The van der Waals surface area contributed by atoms with E-state index in [9.17, 15) is 13.2 Å². The van der Waals surface area contributed by atoms with Crippen molar-refractivity contribution in [3.63, 3.8) is 0 Å². The Bertz CT molecular complexity index is 1500. The Balaban J connectivity index is 1.47. The number of aromatic nitrogens is 4. The molecule has 4 aromatic rings. The van der Waals surface area contributed by atoms with E-state index in [0.29, 0.717) is 48.9 Å². The van der Waals surface area contributed by atoms with Crippen molar-refractivity contribution in [3.05, 3.63) is 60.4 Å². The number of pyridine rings is 1. The van der Waals surface area contributed by atoms with Crippen LogP contribution in [0.25, 0.3) is 28.0 Å². The summed E-state index contributed by atoms with van der Waals surface area (Å²) in [5.74, 6) is 1.20. The van der Waals surface area contributed by atoms with E-state index in [1.807, 2.05) is 47.4 Å². The van der Waals surface area contributed by atoms with Gasteiger partial charge in [-0.15, -0.1) is 0 Å². The lowest BCUT2D eigenvalue weighted by molar-refractivity contribution is 0.0983. The molecule has 0 spiro atoms. The zero-order chi connectivity index (χ0) is 23.3. The zero-order valence-corrected chi connectivity index (χ0v) is 19.1. The average molecular weight is 475 g/mol. The van der Waals surface area contributed by atoms with E-state index in [1.165, 1.54) is 0 Å². The van der Waals surface area contributed by atoms with Gasteiger partial charge in [0.05, 0.1) is 23.4 Å². The highest BCUT2D eigenvalue weighted by molar-refractivity contribution is 7.91. The number of carbonyl (C=O) groups is 1. The first-order chi connectivity index (χ1) is 16.5. The predicted octanol–water partition coefficient (Wildman–Crippen LogP) is 2.69. The molecule has 1 aromatic carbocycles. The molecule has 5 heterocycles. The molecule has 1 saturated heterocycles. The fourth-order valence-corrected chi connectivity index (χ4v) is 5.71. The Morgan fingerprint density at radius 3 is 2.47 bits per heavy atom. The number of sulfone groups is 1. The summed E-state index contributed by atoms with van der Waals surface area (Å²) >= 11 is 0. The maximum Gasteiger partial charge on any atom is 0.172 e. The minimum atomic E-state index is -3.06. The number of Topliss-reactive ketones (excluding diaryl/α,β-unsaturated/α-hetero) is 1. The number of fused-ring (bicyclic) bond motifs is 3. The Morgan fingerprint density at radius 2 is 1.74 bits per heavy atom. The van der Waals surface area contributed by atoms with Crippen LogP contribution in [0.1, 0.15) is 16.8 Å². The van der Waals surface area contributed by atoms with Gasteiger partial charge in [-0.3, -0.25) is 9.78 Å². The maximum atomic E-state index is 12.9. The second-order valence-corrected chi connectivity index (χ2v) is 10.8. The topological polar surface area (TPSA) is 110 Å². The number of ketones is 1. The normalized spacial score (nSPS) is 17.4. The number of nitrogens with zero attached hydrogens (tertiary/aromatic N) is 5. The minimum Gasteiger partial charge on any atom is -0.369 e. The van der Waals surface area contributed by atoms with Crippen LogP contribution in [0, 0.1) is 0 Å². The molecule has 1 N–H and O–H groups in total. The number of benzene rings is 1. The number of rotatable bonds is 3. The molecule has 0 atom stereocenters. The quantitative estimate of drug-likeness (QED) is 0.483. The molecular weight excluding hydrogens is 452 g/mol. The summed E-state index contributed by atoms with van der Waals surface area (Å²) in [6.45, 7) is 1.13. The van der Waals surface area contributed by atoms with Crippen molar-refractivity contribution >= 4 is 32.9 Å². The summed E-state index contributed by atoms with van der Waals surface area (Å²) in [5.41, 5.74) is 4.63. The van der Waals surface area contributed by atoms with Crippen molar-refractivity contribution in [3.8, 4) is 22.4 Å². The molecule has 172 valence electrons. The second kappa shape index (κ2) is 7.91. The lowest BCUT2D eigenvalue weighted by atomic mass is 10.0. The molecule has 2 aliphatic heterocycles. The van der Waals surface area contributed by atoms with Crippen LogP contribution < -0.4 is 10.2 Å². The van der Waals surface area contributed by atoms with Crippen molar-refractivity contribution in [2.24, 2.45) is 0 Å². The molecule has 3 aromatic heterocycles. The first kappa shape index (κ1) is 20.8. The largest absolute Gasteiger partial charge is 0.369 e. The Hall–Kier alpha value is -3.79. The van der Waals surface area contributed by atoms with Gasteiger partial charge >= 0.3 is 0 Å². The van der Waals surface area contributed by atoms with Crippen LogP contribution in [0.3, 0.4) is 0 Å². The van der Waals surface area contributed by atoms with Crippen LogP contribution in [0.5, 0.6) is 0 Å². The maximum absolute atomic E-state index is 12.9. The van der Waals surface area contributed by atoms with Gasteiger partial charge in [-0.25, -0.2) is 13.4 Å². The molecule has 10 heteroatoms. The van der Waals surface area contributed by atoms with Gasteiger partial charge in [0, 0.05) is 48.9 Å². The van der Waals surface area contributed by atoms with Gasteiger partial charge < -0.3 is 10.2 Å². The highest BCUT2D eigenvalue weighted by Gasteiger charge is 2.32. The monoisotopic (exact) mass is 474 g/mol. The lowest BCUT2D eigenvalue weighted by Gasteiger charge is -2.31. The standard InChI is InChI=1S/C24H22N6O3S/c31-20-8-9-25-23-21(20)24(29-10-12-34(32,33)13-11-29)28-22-18(15-27-30(22)23)17-6-7-19(26-14-17)16-4-2-1-3-5-16/h1-7,14-15,25H,8-13H2. The van der Waals surface area contributed by atoms with Gasteiger partial charge in [-0.2, -0.15) is 9.61 Å². The molecule has 9 nitrogen and oxygen atoms in total. The highest BCUT2D eigenvalue weighted by atomic mass is 32.2. The van der Waals surface area contributed by atoms with E-state index >= 15 is 0 Å². The van der Waals surface area contributed by atoms with Crippen LogP contribution in [-0.2, 0) is 9.84 Å². The van der Waals surface area contributed by atoms with Crippen LogP contribution in [0.15, 0.2) is 54.9 Å². The van der Waals surface area contributed by atoms with Crippen molar-refractivity contribution in [2.45, 2.75) is 6.42 Å². The zero-order valence-electron chi connectivity index (χ0n) is 18.3. The molecule has 2 aliphatic rings. The van der Waals surface area contributed by atoms with E-state index in [0.717, 1.165) is 22.4 Å². The Morgan fingerprint density at radius 1 is 0.941 bits per heavy atom. The van der Waals surface area contributed by atoms with Crippen LogP contribution >= 0.6 is 0 Å². The Kier molecular flexibility index (Phi) is 4.84. The summed E-state index contributed by atoms with van der Waals surface area (Å²) in [6.07, 6.45) is 3.89. The molecular formula is C24H22N6O3S. The van der Waals surface area contributed by atoms with Gasteiger partial charge in [0.2, 0.25) is 0 Å². The number of hydrogen-bond acceptors (Lipinski definition) is 8. The van der Waals surface area contributed by atoms with Gasteiger partial charge in [0.25, 0.3) is 0 Å². The smallest absolute Gasteiger partial charge is 0.172 e. The summed E-state index contributed by atoms with van der Waals surface area (Å²) in [7, 11) is -3.06. The van der Waals surface area contributed by atoms with Gasteiger partial charge in [-0.1, -0.05) is 36.4 Å². The molecule has 1 fully saturated rings. The van der Waals surface area contributed by atoms with Gasteiger partial charge in [0.1, 0.15) is 17.2 Å². The third-order valence-electron chi connectivity index (χ3n) is 6.34. The van der Waals surface area contributed by atoms with Crippen molar-refractivity contribution in [1.29, 1.82) is 0 Å². The molecule has 0 radical (unpaired) electrons. The molecule has 0 bridgehead atoms. The summed E-state index contributed by atoms with van der Waals surface area (Å²) in [5, 5.41) is 7.84. The first-order valence-corrected chi connectivity index (χ1v) is 13.0. The predicted molar refractivity (Wildman–Crippen MR) is 130 cm³/mol. The van der Waals surface area contributed by atoms with Crippen LogP contribution in [-0.4, -0.2) is 64.9 Å². The van der Waals surface area contributed by atoms with Crippen molar-refractivity contribution < 1.29 is 13.2 Å². The number of anilines is 2. The molecule has 0 amide bonds. The molecule has 6 rings (SSSR count). The third-order valence-corrected chi connectivity index (χ3v) is 7.95. The fourth-order valence-electron chi connectivity index (χ4n) is 4.51. The van der Waals surface area contributed by atoms with E-state index in [-0.39, 0.29) is 17.3 Å². The van der Waals surface area contributed by atoms with Gasteiger partial charge in [-0.05, 0) is 6.07 Å². The third kappa shape index (κ3) is 3.50. The molecule has 34 heavy (non-hydrogen) atoms. The number of carbonyl (C=O) groups excluding carboxylic acids is 1. The summed E-state index contributed by atoms with van der Waals surface area (Å²) < 4.78 is 25.6. The number of nitrogens with one attached hydrogen (secondary N) is 1. The summed E-state index contributed by atoms with van der Waals surface area (Å²) in [6, 6.07) is 13.9. The fraction of sp³-hybridized carbons (Fsp3) is 0.250. The van der Waals surface area contributed by atoms with E-state index < -0.39 is 9.84 Å². The van der Waals surface area contributed by atoms with E-state index in [2.05, 4.69) is 15.4 Å². The minimum absolute atomic E-state index is 0.0162. The van der Waals surface area contributed by atoms with Crippen molar-refractivity contribution in [1.82, 2.24) is 19.6 Å². The SMILES string of the molecule is O=C1CCNc2c1c(N1CCS(=O)(=O)CC1)nc1c(-c3ccc(-c4ccccc4)nc3)cnn21. The highest BCUT2D eigenvalue weighted by Crippen LogP contribution is 2.35. The Labute approximate surface area is 196 Å². The molecule has 0 saturated carbocycles. The van der Waals surface area contributed by atoms with E-state index in [1.54, 1.807) is 16.9 Å². The molecule has 0 aliphatic carbocycles. The number of hydrogen-bond donors (Lipinski definition) is 1.